The van der Waals surface area contributed by atoms with E-state index < -0.39 is 10.0 Å². The van der Waals surface area contributed by atoms with Gasteiger partial charge in [-0.1, -0.05) is 12.1 Å². The Morgan fingerprint density at radius 1 is 1.29 bits per heavy atom. The van der Waals surface area contributed by atoms with Gasteiger partial charge in [0, 0.05) is 0 Å². The number of primary sulfonamides is 1. The van der Waals surface area contributed by atoms with Crippen LogP contribution in [0.25, 0.3) is 0 Å². The number of hydrogen-bond donors (Lipinski definition) is 2. The third kappa shape index (κ3) is 3.71. The number of nitrogens with two attached hydrogens (primary N) is 1. The molecule has 1 atom stereocenters. The smallest absolute Gasteiger partial charge is 0.255 e. The lowest BCUT2D eigenvalue weighted by atomic mass is 10.1. The zero-order valence-corrected chi connectivity index (χ0v) is 12.5. The molecule has 0 bridgehead atoms. The van der Waals surface area contributed by atoms with Gasteiger partial charge in [-0.05, 0) is 37.6 Å². The summed E-state index contributed by atoms with van der Waals surface area (Å²) in [5.41, 5.74) is 1.22. The number of benzene rings is 1. The number of sulfonamides is 1. The molecule has 0 saturated carbocycles. The number of furan rings is 1. The molecule has 2 rings (SSSR count). The Kier molecular flexibility index (Phi) is 4.15. The minimum absolute atomic E-state index is 0.0373. The Hall–Kier alpha value is -2.12. The van der Waals surface area contributed by atoms with Gasteiger partial charge in [0.15, 0.2) is 0 Å². The van der Waals surface area contributed by atoms with E-state index in [4.69, 9.17) is 9.56 Å². The first-order valence-electron chi connectivity index (χ1n) is 6.26. The minimum atomic E-state index is -3.71. The maximum Gasteiger partial charge on any atom is 0.255 e. The van der Waals surface area contributed by atoms with Crippen LogP contribution in [-0.2, 0) is 10.0 Å². The number of rotatable bonds is 4. The molecule has 0 radical (unpaired) electrons. The first kappa shape index (κ1) is 15.3. The third-order valence-electron chi connectivity index (χ3n) is 3.05. The first-order valence-corrected chi connectivity index (χ1v) is 7.81. The normalized spacial score (nSPS) is 12.9. The fourth-order valence-electron chi connectivity index (χ4n) is 1.87. The van der Waals surface area contributed by atoms with Crippen molar-refractivity contribution in [3.05, 3.63) is 53.5 Å². The average Bonchev–Trinajstić information content (AvgIpc) is 2.84. The molecule has 0 aliphatic carbocycles. The van der Waals surface area contributed by atoms with Crippen molar-refractivity contribution in [1.29, 1.82) is 0 Å². The summed E-state index contributed by atoms with van der Waals surface area (Å²) in [6.07, 6.45) is 1.39. The Morgan fingerprint density at radius 2 is 1.90 bits per heavy atom. The lowest BCUT2D eigenvalue weighted by molar-refractivity contribution is 0.0939. The van der Waals surface area contributed by atoms with Crippen LogP contribution in [0.5, 0.6) is 0 Å². The highest BCUT2D eigenvalue weighted by molar-refractivity contribution is 7.89. The van der Waals surface area contributed by atoms with Gasteiger partial charge in [0.25, 0.3) is 5.91 Å². The topological polar surface area (TPSA) is 102 Å². The minimum Gasteiger partial charge on any atom is -0.469 e. The second-order valence-corrected chi connectivity index (χ2v) is 6.32. The summed E-state index contributed by atoms with van der Waals surface area (Å²) in [4.78, 5) is 12.0. The fourth-order valence-corrected chi connectivity index (χ4v) is 2.39. The van der Waals surface area contributed by atoms with Gasteiger partial charge in [-0.15, -0.1) is 0 Å². The molecule has 6 nitrogen and oxygen atoms in total. The van der Waals surface area contributed by atoms with Gasteiger partial charge in [-0.25, -0.2) is 13.6 Å². The molecule has 1 amide bonds. The standard InChI is InChI=1S/C14H16N2O4S/c1-9-7-12(8-20-9)14(17)16-10(2)11-3-5-13(6-4-11)21(15,18)19/h3-8,10H,1-2H3,(H,16,17)(H2,15,18,19). The van der Waals surface area contributed by atoms with Gasteiger partial charge in [-0.2, -0.15) is 0 Å². The molecule has 0 aliphatic heterocycles. The van der Waals surface area contributed by atoms with Gasteiger partial charge in [-0.3, -0.25) is 4.79 Å². The van der Waals surface area contributed by atoms with E-state index in [9.17, 15) is 13.2 Å². The van der Waals surface area contributed by atoms with Crippen molar-refractivity contribution in [2.75, 3.05) is 0 Å². The molecule has 0 spiro atoms. The summed E-state index contributed by atoms with van der Waals surface area (Å²) in [6.45, 7) is 3.56. The second-order valence-electron chi connectivity index (χ2n) is 4.76. The van der Waals surface area contributed by atoms with Crippen molar-refractivity contribution in [2.45, 2.75) is 24.8 Å². The van der Waals surface area contributed by atoms with E-state index in [-0.39, 0.29) is 16.8 Å². The van der Waals surface area contributed by atoms with Gasteiger partial charge in [0.05, 0.1) is 16.5 Å². The van der Waals surface area contributed by atoms with Crippen LogP contribution in [0.4, 0.5) is 0 Å². The molecule has 1 aromatic carbocycles. The van der Waals surface area contributed by atoms with Crippen LogP contribution in [-0.4, -0.2) is 14.3 Å². The predicted octanol–water partition coefficient (Wildman–Crippen LogP) is 1.73. The summed E-state index contributed by atoms with van der Waals surface area (Å²) < 4.78 is 27.4. The van der Waals surface area contributed by atoms with Crippen LogP contribution in [0.1, 0.15) is 34.6 Å². The van der Waals surface area contributed by atoms with Crippen molar-refractivity contribution in [1.82, 2.24) is 5.32 Å². The van der Waals surface area contributed by atoms with E-state index in [0.29, 0.717) is 11.3 Å². The third-order valence-corrected chi connectivity index (χ3v) is 3.98. The molecular formula is C14H16N2O4S. The number of carbonyl (C=O) groups excluding carboxylic acids is 1. The zero-order chi connectivity index (χ0) is 15.6. The molecule has 1 unspecified atom stereocenters. The number of amides is 1. The lowest BCUT2D eigenvalue weighted by Crippen LogP contribution is -2.26. The van der Waals surface area contributed by atoms with E-state index >= 15 is 0 Å². The summed E-state index contributed by atoms with van der Waals surface area (Å²) in [5, 5.41) is 7.84. The first-order chi connectivity index (χ1) is 9.77. The summed E-state index contributed by atoms with van der Waals surface area (Å²) in [5.74, 6) is 0.403. The summed E-state index contributed by atoms with van der Waals surface area (Å²) >= 11 is 0. The van der Waals surface area contributed by atoms with E-state index in [2.05, 4.69) is 5.32 Å². The second kappa shape index (κ2) is 5.71. The van der Waals surface area contributed by atoms with Crippen molar-refractivity contribution in [3.63, 3.8) is 0 Å². The van der Waals surface area contributed by atoms with Crippen molar-refractivity contribution in [2.24, 2.45) is 5.14 Å². The summed E-state index contributed by atoms with van der Waals surface area (Å²) in [7, 11) is -3.71. The van der Waals surface area contributed by atoms with Crippen LogP contribution in [0.3, 0.4) is 0 Å². The molecule has 0 aliphatic rings. The highest BCUT2D eigenvalue weighted by Crippen LogP contribution is 2.16. The fraction of sp³-hybridized carbons (Fsp3) is 0.214. The maximum absolute atomic E-state index is 12.0. The molecule has 3 N–H and O–H groups in total. The molecule has 21 heavy (non-hydrogen) atoms. The Labute approximate surface area is 123 Å². The molecule has 2 aromatic rings. The maximum atomic E-state index is 12.0. The highest BCUT2D eigenvalue weighted by atomic mass is 32.2. The van der Waals surface area contributed by atoms with E-state index in [0.717, 1.165) is 5.56 Å². The largest absolute Gasteiger partial charge is 0.469 e. The number of aryl methyl sites for hydroxylation is 1. The van der Waals surface area contributed by atoms with Gasteiger partial charge >= 0.3 is 0 Å². The van der Waals surface area contributed by atoms with Crippen molar-refractivity contribution < 1.29 is 17.6 Å². The average molecular weight is 308 g/mol. The molecule has 1 aromatic heterocycles. The van der Waals surface area contributed by atoms with E-state index in [1.165, 1.54) is 18.4 Å². The molecular weight excluding hydrogens is 292 g/mol. The van der Waals surface area contributed by atoms with Crippen LogP contribution in [0.15, 0.2) is 45.9 Å². The van der Waals surface area contributed by atoms with Gasteiger partial charge in [0.2, 0.25) is 10.0 Å². The van der Waals surface area contributed by atoms with Crippen LogP contribution in [0.2, 0.25) is 0 Å². The van der Waals surface area contributed by atoms with Gasteiger partial charge < -0.3 is 9.73 Å². The zero-order valence-electron chi connectivity index (χ0n) is 11.7. The molecule has 1 heterocycles. The Bertz CT molecular complexity index is 748. The number of hydrogen-bond acceptors (Lipinski definition) is 4. The molecule has 112 valence electrons. The quantitative estimate of drug-likeness (QED) is 0.897. The number of carbonyl (C=O) groups is 1. The highest BCUT2D eigenvalue weighted by Gasteiger charge is 2.14. The van der Waals surface area contributed by atoms with Crippen LogP contribution < -0.4 is 10.5 Å². The molecule has 7 heteroatoms. The van der Waals surface area contributed by atoms with Crippen LogP contribution >= 0.6 is 0 Å². The Morgan fingerprint density at radius 3 is 2.38 bits per heavy atom. The van der Waals surface area contributed by atoms with E-state index in [1.54, 1.807) is 32.0 Å². The lowest BCUT2D eigenvalue weighted by Gasteiger charge is -2.14. The predicted molar refractivity (Wildman–Crippen MR) is 77.1 cm³/mol. The SMILES string of the molecule is Cc1cc(C(=O)NC(C)c2ccc(S(N)(=O)=O)cc2)co1. The van der Waals surface area contributed by atoms with Crippen LogP contribution in [0, 0.1) is 6.92 Å². The molecule has 0 saturated heterocycles. The van der Waals surface area contributed by atoms with Crippen molar-refractivity contribution >= 4 is 15.9 Å². The molecule has 0 fully saturated rings. The summed E-state index contributed by atoms with van der Waals surface area (Å²) in [6, 6.07) is 7.43. The van der Waals surface area contributed by atoms with Gasteiger partial charge in [0.1, 0.15) is 12.0 Å². The monoisotopic (exact) mass is 308 g/mol. The van der Waals surface area contributed by atoms with Crippen molar-refractivity contribution in [3.8, 4) is 0 Å². The van der Waals surface area contributed by atoms with E-state index in [1.807, 2.05) is 0 Å². The Balaban J connectivity index is 2.10. The number of nitrogens with one attached hydrogen (secondary N) is 1.